The van der Waals surface area contributed by atoms with Gasteiger partial charge in [0.2, 0.25) is 5.91 Å². The van der Waals surface area contributed by atoms with Crippen molar-refractivity contribution in [2.45, 2.75) is 53.6 Å². The van der Waals surface area contributed by atoms with Crippen LogP contribution in [0.2, 0.25) is 0 Å². The van der Waals surface area contributed by atoms with E-state index in [1.165, 1.54) is 17.0 Å². The second kappa shape index (κ2) is 11.5. The van der Waals surface area contributed by atoms with Crippen molar-refractivity contribution >= 4 is 11.8 Å². The van der Waals surface area contributed by atoms with Gasteiger partial charge in [0.1, 0.15) is 17.6 Å². The van der Waals surface area contributed by atoms with Crippen LogP contribution in [0, 0.1) is 25.6 Å². The van der Waals surface area contributed by atoms with Crippen molar-refractivity contribution in [2.24, 2.45) is 5.92 Å². The molecular formula is C25H33FN2O3. The highest BCUT2D eigenvalue weighted by Gasteiger charge is 2.29. The molecule has 2 amide bonds. The Morgan fingerprint density at radius 1 is 1.10 bits per heavy atom. The Labute approximate surface area is 184 Å². The molecule has 2 rings (SSSR count). The van der Waals surface area contributed by atoms with Gasteiger partial charge in [-0.05, 0) is 55.5 Å². The molecule has 0 fully saturated rings. The van der Waals surface area contributed by atoms with E-state index in [9.17, 15) is 14.0 Å². The van der Waals surface area contributed by atoms with Crippen LogP contribution in [0.1, 0.15) is 43.9 Å². The lowest BCUT2D eigenvalue weighted by Gasteiger charge is -2.31. The van der Waals surface area contributed by atoms with Crippen molar-refractivity contribution in [1.82, 2.24) is 10.2 Å². The molecular weight excluding hydrogens is 395 g/mol. The first-order valence-corrected chi connectivity index (χ1v) is 10.7. The number of benzene rings is 2. The normalized spacial score (nSPS) is 11.8. The summed E-state index contributed by atoms with van der Waals surface area (Å²) < 4.78 is 19.1. The van der Waals surface area contributed by atoms with Crippen molar-refractivity contribution in [3.05, 3.63) is 65.0 Å². The van der Waals surface area contributed by atoms with Gasteiger partial charge in [0.25, 0.3) is 5.91 Å². The van der Waals surface area contributed by atoms with E-state index in [0.29, 0.717) is 24.6 Å². The van der Waals surface area contributed by atoms with Crippen LogP contribution in [-0.2, 0) is 16.1 Å². The van der Waals surface area contributed by atoms with Crippen molar-refractivity contribution in [2.75, 3.05) is 13.2 Å². The standard InChI is InChI=1S/C25H33FN2O3/c1-6-22(25(30)27-14-17(2)3)28(15-20-8-10-21(26)11-9-20)24(29)16-31-23-12-7-18(4)13-19(23)5/h7-13,17,22H,6,14-16H2,1-5H3,(H,27,30)/t22-/m1/s1. The highest BCUT2D eigenvalue weighted by Crippen LogP contribution is 2.20. The van der Waals surface area contributed by atoms with Crippen LogP contribution in [0.3, 0.4) is 0 Å². The number of ether oxygens (including phenoxy) is 1. The van der Waals surface area contributed by atoms with Crippen molar-refractivity contribution in [1.29, 1.82) is 0 Å². The van der Waals surface area contributed by atoms with Crippen LogP contribution in [0.4, 0.5) is 4.39 Å². The average molecular weight is 429 g/mol. The summed E-state index contributed by atoms with van der Waals surface area (Å²) in [6.45, 7) is 10.4. The van der Waals surface area contributed by atoms with E-state index in [1.54, 1.807) is 12.1 Å². The summed E-state index contributed by atoms with van der Waals surface area (Å²) in [6.07, 6.45) is 0.459. The zero-order valence-corrected chi connectivity index (χ0v) is 19.1. The lowest BCUT2D eigenvalue weighted by Crippen LogP contribution is -2.50. The minimum atomic E-state index is -0.640. The number of amides is 2. The predicted octanol–water partition coefficient (Wildman–Crippen LogP) is 4.40. The van der Waals surface area contributed by atoms with E-state index < -0.39 is 6.04 Å². The van der Waals surface area contributed by atoms with Crippen molar-refractivity contribution in [3.8, 4) is 5.75 Å². The largest absolute Gasteiger partial charge is 0.483 e. The molecule has 0 bridgehead atoms. The smallest absolute Gasteiger partial charge is 0.261 e. The molecule has 1 atom stereocenters. The van der Waals surface area contributed by atoms with Gasteiger partial charge in [-0.1, -0.05) is 50.6 Å². The maximum Gasteiger partial charge on any atom is 0.261 e. The number of carbonyl (C=O) groups is 2. The van der Waals surface area contributed by atoms with Gasteiger partial charge >= 0.3 is 0 Å². The summed E-state index contributed by atoms with van der Waals surface area (Å²) in [7, 11) is 0. The fourth-order valence-corrected chi connectivity index (χ4v) is 3.31. The van der Waals surface area contributed by atoms with Crippen LogP contribution in [0.5, 0.6) is 5.75 Å². The number of halogens is 1. The molecule has 0 aliphatic carbocycles. The monoisotopic (exact) mass is 428 g/mol. The molecule has 2 aromatic rings. The number of aryl methyl sites for hydroxylation is 2. The number of carbonyl (C=O) groups excluding carboxylic acids is 2. The summed E-state index contributed by atoms with van der Waals surface area (Å²) in [4.78, 5) is 27.5. The summed E-state index contributed by atoms with van der Waals surface area (Å²) in [5, 5.41) is 2.92. The third kappa shape index (κ3) is 7.39. The second-order valence-corrected chi connectivity index (χ2v) is 8.27. The topological polar surface area (TPSA) is 58.6 Å². The van der Waals surface area contributed by atoms with Gasteiger partial charge in [-0.3, -0.25) is 9.59 Å². The summed E-state index contributed by atoms with van der Waals surface area (Å²) >= 11 is 0. The van der Waals surface area contributed by atoms with E-state index in [0.717, 1.165) is 16.7 Å². The fourth-order valence-electron chi connectivity index (χ4n) is 3.31. The molecule has 0 unspecified atom stereocenters. The molecule has 6 heteroatoms. The van der Waals surface area contributed by atoms with Crippen LogP contribution in [0.15, 0.2) is 42.5 Å². The molecule has 0 heterocycles. The van der Waals surface area contributed by atoms with Gasteiger partial charge in [0.15, 0.2) is 6.61 Å². The molecule has 0 aliphatic rings. The number of hydrogen-bond donors (Lipinski definition) is 1. The quantitative estimate of drug-likeness (QED) is 0.610. The molecule has 168 valence electrons. The predicted molar refractivity (Wildman–Crippen MR) is 120 cm³/mol. The van der Waals surface area contributed by atoms with E-state index in [-0.39, 0.29) is 30.8 Å². The van der Waals surface area contributed by atoms with Crippen LogP contribution in [-0.4, -0.2) is 35.9 Å². The molecule has 0 radical (unpaired) electrons. The molecule has 2 aromatic carbocycles. The molecule has 0 spiro atoms. The van der Waals surface area contributed by atoms with Gasteiger partial charge in [-0.2, -0.15) is 0 Å². The molecule has 1 N–H and O–H groups in total. The number of hydrogen-bond acceptors (Lipinski definition) is 3. The van der Waals surface area contributed by atoms with Crippen LogP contribution >= 0.6 is 0 Å². The number of nitrogens with one attached hydrogen (secondary N) is 1. The second-order valence-electron chi connectivity index (χ2n) is 8.27. The Bertz CT molecular complexity index is 881. The Hall–Kier alpha value is -2.89. The molecule has 5 nitrogen and oxygen atoms in total. The molecule has 31 heavy (non-hydrogen) atoms. The Balaban J connectivity index is 2.20. The first-order chi connectivity index (χ1) is 14.7. The van der Waals surface area contributed by atoms with Crippen LogP contribution < -0.4 is 10.1 Å². The summed E-state index contributed by atoms with van der Waals surface area (Å²) in [6, 6.07) is 11.1. The van der Waals surface area contributed by atoms with Gasteiger partial charge < -0.3 is 15.0 Å². The lowest BCUT2D eigenvalue weighted by atomic mass is 10.1. The van der Waals surface area contributed by atoms with Gasteiger partial charge in [0.05, 0.1) is 0 Å². The van der Waals surface area contributed by atoms with E-state index >= 15 is 0 Å². The van der Waals surface area contributed by atoms with E-state index in [2.05, 4.69) is 5.32 Å². The Morgan fingerprint density at radius 2 is 1.77 bits per heavy atom. The number of nitrogens with zero attached hydrogens (tertiary/aromatic N) is 1. The number of rotatable bonds is 10. The third-order valence-electron chi connectivity index (χ3n) is 5.02. The van der Waals surface area contributed by atoms with Crippen LogP contribution in [0.25, 0.3) is 0 Å². The molecule has 0 saturated heterocycles. The Kier molecular flexibility index (Phi) is 9.03. The minimum absolute atomic E-state index is 0.181. The third-order valence-corrected chi connectivity index (χ3v) is 5.02. The van der Waals surface area contributed by atoms with E-state index in [4.69, 9.17) is 4.74 Å². The first kappa shape index (κ1) is 24.4. The highest BCUT2D eigenvalue weighted by atomic mass is 19.1. The van der Waals surface area contributed by atoms with Crippen molar-refractivity contribution < 1.29 is 18.7 Å². The minimum Gasteiger partial charge on any atom is -0.483 e. The summed E-state index contributed by atoms with van der Waals surface area (Å²) in [5.41, 5.74) is 2.80. The van der Waals surface area contributed by atoms with Gasteiger partial charge in [-0.25, -0.2) is 4.39 Å². The lowest BCUT2D eigenvalue weighted by molar-refractivity contribution is -0.143. The average Bonchev–Trinajstić information content (AvgIpc) is 2.72. The zero-order valence-electron chi connectivity index (χ0n) is 19.1. The maximum absolute atomic E-state index is 13.3. The maximum atomic E-state index is 13.3. The highest BCUT2D eigenvalue weighted by molar-refractivity contribution is 5.88. The fraction of sp³-hybridized carbons (Fsp3) is 0.440. The zero-order chi connectivity index (χ0) is 23.0. The molecule has 0 aliphatic heterocycles. The van der Waals surface area contributed by atoms with E-state index in [1.807, 2.05) is 52.8 Å². The Morgan fingerprint density at radius 3 is 2.35 bits per heavy atom. The summed E-state index contributed by atoms with van der Waals surface area (Å²) in [5.74, 6) is 0.101. The van der Waals surface area contributed by atoms with Crippen molar-refractivity contribution in [3.63, 3.8) is 0 Å². The molecule has 0 saturated carbocycles. The van der Waals surface area contributed by atoms with Gasteiger partial charge in [0, 0.05) is 13.1 Å². The van der Waals surface area contributed by atoms with Gasteiger partial charge in [-0.15, -0.1) is 0 Å². The SMILES string of the molecule is CC[C@H](C(=O)NCC(C)C)N(Cc1ccc(F)cc1)C(=O)COc1ccc(C)cc1C. The first-order valence-electron chi connectivity index (χ1n) is 10.7. The molecule has 0 aromatic heterocycles.